The lowest BCUT2D eigenvalue weighted by molar-refractivity contribution is 0.0689. The summed E-state index contributed by atoms with van der Waals surface area (Å²) < 4.78 is 5.27. The molecular formula is C16H11N3O4. The zero-order valence-electron chi connectivity index (χ0n) is 11.8. The van der Waals surface area contributed by atoms with Gasteiger partial charge in [-0.15, -0.1) is 0 Å². The molecule has 3 rings (SSSR count). The maximum absolute atomic E-state index is 12.1. The summed E-state index contributed by atoms with van der Waals surface area (Å²) in [6.45, 7) is 0. The van der Waals surface area contributed by atoms with E-state index in [0.717, 1.165) is 5.70 Å². The fourth-order valence-corrected chi connectivity index (χ4v) is 1.94. The molecule has 2 aromatic heterocycles. The third kappa shape index (κ3) is 3.24. The summed E-state index contributed by atoms with van der Waals surface area (Å²) >= 11 is 0. The average Bonchev–Trinajstić information content (AvgIpc) is 3.20. The van der Waals surface area contributed by atoms with Crippen LogP contribution in [-0.2, 0) is 0 Å². The lowest BCUT2D eigenvalue weighted by atomic mass is 10.3. The third-order valence-electron chi connectivity index (χ3n) is 2.99. The molecule has 0 spiro atoms. The zero-order valence-corrected chi connectivity index (χ0v) is 11.8. The lowest BCUT2D eigenvalue weighted by Gasteiger charge is -2.04. The Hall–Kier alpha value is -3.48. The Balaban J connectivity index is 1.81. The average molecular weight is 309 g/mol. The van der Waals surface area contributed by atoms with Crippen molar-refractivity contribution >= 4 is 24.2 Å². The number of hydrogen-bond donors (Lipinski definition) is 2. The summed E-state index contributed by atoms with van der Waals surface area (Å²) in [5, 5.41) is 8.90. The fourth-order valence-electron chi connectivity index (χ4n) is 1.94. The molecule has 3 heterocycles. The van der Waals surface area contributed by atoms with Crippen LogP contribution in [0.3, 0.4) is 0 Å². The number of nitrogens with one attached hydrogen (secondary N) is 1. The number of aromatic nitrogens is 2. The van der Waals surface area contributed by atoms with Crippen molar-refractivity contribution in [2.24, 2.45) is 4.99 Å². The molecule has 2 N–H and O–H groups in total. The van der Waals surface area contributed by atoms with Crippen molar-refractivity contribution in [3.05, 3.63) is 65.4 Å². The smallest absolute Gasteiger partial charge is 0.362 e. The molecule has 7 nitrogen and oxygen atoms in total. The molecule has 0 radical (unpaired) electrons. The van der Waals surface area contributed by atoms with Crippen LogP contribution in [0.5, 0.6) is 5.75 Å². The number of allylic oxidation sites excluding steroid dienone is 2. The first kappa shape index (κ1) is 14.5. The van der Waals surface area contributed by atoms with Gasteiger partial charge in [0.1, 0.15) is 11.4 Å². The van der Waals surface area contributed by atoms with Crippen LogP contribution in [0.1, 0.15) is 26.7 Å². The maximum atomic E-state index is 12.1. The van der Waals surface area contributed by atoms with Crippen LogP contribution in [0.25, 0.3) is 6.08 Å². The number of pyridine rings is 1. The SMILES string of the molecule is O=C(O)c1cccc(C(=O)Oc2cc[nH]c2/C=C2/C=CC=N2)n1. The largest absolute Gasteiger partial charge is 0.477 e. The molecule has 0 saturated carbocycles. The second kappa shape index (κ2) is 6.10. The van der Waals surface area contributed by atoms with Gasteiger partial charge in [0.05, 0.1) is 11.4 Å². The van der Waals surface area contributed by atoms with Crippen LogP contribution in [0.4, 0.5) is 0 Å². The van der Waals surface area contributed by atoms with Gasteiger partial charge in [-0.2, -0.15) is 0 Å². The fraction of sp³-hybridized carbons (Fsp3) is 0. The number of H-pyrrole nitrogens is 1. The number of ether oxygens (including phenoxy) is 1. The summed E-state index contributed by atoms with van der Waals surface area (Å²) in [6, 6.07) is 5.72. The quantitative estimate of drug-likeness (QED) is 0.843. The van der Waals surface area contributed by atoms with E-state index in [-0.39, 0.29) is 11.4 Å². The van der Waals surface area contributed by atoms with Crippen molar-refractivity contribution in [2.75, 3.05) is 0 Å². The number of carboxylic acids is 1. The highest BCUT2D eigenvalue weighted by Crippen LogP contribution is 2.22. The Labute approximate surface area is 130 Å². The Morgan fingerprint density at radius 1 is 1.22 bits per heavy atom. The molecule has 0 unspecified atom stereocenters. The zero-order chi connectivity index (χ0) is 16.2. The highest BCUT2D eigenvalue weighted by atomic mass is 16.5. The minimum Gasteiger partial charge on any atom is -0.477 e. The number of nitrogens with zero attached hydrogens (tertiary/aromatic N) is 2. The van der Waals surface area contributed by atoms with Gasteiger partial charge in [-0.3, -0.25) is 4.99 Å². The Kier molecular flexibility index (Phi) is 3.84. The second-order valence-corrected chi connectivity index (χ2v) is 4.56. The molecule has 0 saturated heterocycles. The third-order valence-corrected chi connectivity index (χ3v) is 2.99. The molecule has 23 heavy (non-hydrogen) atoms. The van der Waals surface area contributed by atoms with Gasteiger partial charge < -0.3 is 14.8 Å². The monoisotopic (exact) mass is 309 g/mol. The van der Waals surface area contributed by atoms with Crippen LogP contribution < -0.4 is 4.74 Å². The lowest BCUT2D eigenvalue weighted by Crippen LogP contribution is -2.13. The Bertz CT molecular complexity index is 848. The van der Waals surface area contributed by atoms with Crippen molar-refractivity contribution in [1.29, 1.82) is 0 Å². The number of aromatic carboxylic acids is 1. The molecule has 2 aromatic rings. The van der Waals surface area contributed by atoms with Gasteiger partial charge in [-0.05, 0) is 36.4 Å². The molecule has 1 aliphatic heterocycles. The highest BCUT2D eigenvalue weighted by Gasteiger charge is 2.15. The van der Waals surface area contributed by atoms with E-state index < -0.39 is 11.9 Å². The molecule has 0 fully saturated rings. The predicted octanol–water partition coefficient (Wildman–Crippen LogP) is 2.31. The molecule has 0 bridgehead atoms. The second-order valence-electron chi connectivity index (χ2n) is 4.56. The molecule has 0 atom stereocenters. The highest BCUT2D eigenvalue weighted by molar-refractivity contribution is 5.92. The van der Waals surface area contributed by atoms with E-state index in [1.54, 1.807) is 30.6 Å². The predicted molar refractivity (Wildman–Crippen MR) is 82.6 cm³/mol. The molecular weight excluding hydrogens is 298 g/mol. The van der Waals surface area contributed by atoms with Gasteiger partial charge in [0.25, 0.3) is 0 Å². The summed E-state index contributed by atoms with van der Waals surface area (Å²) in [5.41, 5.74) is 0.993. The van der Waals surface area contributed by atoms with E-state index in [9.17, 15) is 9.59 Å². The minimum absolute atomic E-state index is 0.0801. The summed E-state index contributed by atoms with van der Waals surface area (Å²) in [5.74, 6) is -1.64. The summed E-state index contributed by atoms with van der Waals surface area (Å²) in [7, 11) is 0. The van der Waals surface area contributed by atoms with Gasteiger partial charge in [-0.1, -0.05) is 6.07 Å². The van der Waals surface area contributed by atoms with Crippen molar-refractivity contribution in [2.45, 2.75) is 0 Å². The van der Waals surface area contributed by atoms with E-state index in [0.29, 0.717) is 11.4 Å². The normalized spacial score (nSPS) is 14.3. The number of rotatable bonds is 4. The van der Waals surface area contributed by atoms with Crippen LogP contribution in [0, 0.1) is 0 Å². The van der Waals surface area contributed by atoms with Gasteiger partial charge in [0, 0.05) is 12.4 Å². The van der Waals surface area contributed by atoms with Gasteiger partial charge in [-0.25, -0.2) is 14.6 Å². The minimum atomic E-state index is -1.21. The number of carbonyl (C=O) groups excluding carboxylic acids is 1. The van der Waals surface area contributed by atoms with Crippen molar-refractivity contribution in [3.8, 4) is 5.75 Å². The number of aromatic amines is 1. The van der Waals surface area contributed by atoms with E-state index in [1.807, 2.05) is 6.08 Å². The molecule has 0 amide bonds. The van der Waals surface area contributed by atoms with Gasteiger partial charge in [0.15, 0.2) is 5.75 Å². The maximum Gasteiger partial charge on any atom is 0.362 e. The first-order valence-corrected chi connectivity index (χ1v) is 6.66. The van der Waals surface area contributed by atoms with Gasteiger partial charge >= 0.3 is 11.9 Å². The topological polar surface area (TPSA) is 105 Å². The van der Waals surface area contributed by atoms with Crippen molar-refractivity contribution in [1.82, 2.24) is 9.97 Å². The Morgan fingerprint density at radius 2 is 2.04 bits per heavy atom. The number of hydrogen-bond acceptors (Lipinski definition) is 5. The number of aliphatic imine (C=N–C) groups is 1. The van der Waals surface area contributed by atoms with Gasteiger partial charge in [0.2, 0.25) is 0 Å². The summed E-state index contributed by atoms with van der Waals surface area (Å²) in [4.78, 5) is 33.8. The summed E-state index contributed by atoms with van der Waals surface area (Å²) in [6.07, 6.45) is 8.61. The van der Waals surface area contributed by atoms with E-state index in [4.69, 9.17) is 9.84 Å². The number of carboxylic acid groups (broad SMARTS) is 1. The first-order chi connectivity index (χ1) is 11.1. The van der Waals surface area contributed by atoms with Crippen molar-refractivity contribution in [3.63, 3.8) is 0 Å². The molecule has 114 valence electrons. The van der Waals surface area contributed by atoms with E-state index in [1.165, 1.54) is 18.2 Å². The Morgan fingerprint density at radius 3 is 2.78 bits per heavy atom. The number of carbonyl (C=O) groups is 2. The molecule has 0 aliphatic carbocycles. The molecule has 0 aromatic carbocycles. The standard InChI is InChI=1S/C16H11N3O4/c20-15(21)11-4-1-5-12(19-11)16(22)23-14-6-8-18-13(14)9-10-3-2-7-17-10/h1-9,18H,(H,20,21)/b10-9-. The van der Waals surface area contributed by atoms with Crippen LogP contribution in [0.15, 0.2) is 53.3 Å². The first-order valence-electron chi connectivity index (χ1n) is 6.66. The molecule has 7 heteroatoms. The van der Waals surface area contributed by atoms with Crippen LogP contribution in [0.2, 0.25) is 0 Å². The molecule has 1 aliphatic rings. The van der Waals surface area contributed by atoms with Crippen LogP contribution >= 0.6 is 0 Å². The van der Waals surface area contributed by atoms with E-state index in [2.05, 4.69) is 15.0 Å². The van der Waals surface area contributed by atoms with Crippen LogP contribution in [-0.4, -0.2) is 33.2 Å². The van der Waals surface area contributed by atoms with Crippen molar-refractivity contribution < 1.29 is 19.4 Å². The van der Waals surface area contributed by atoms with E-state index >= 15 is 0 Å². The number of esters is 1.